The molecule has 0 fully saturated rings. The summed E-state index contributed by atoms with van der Waals surface area (Å²) in [5, 5.41) is 18.4. The monoisotopic (exact) mass is 245 g/mol. The van der Waals surface area contributed by atoms with Crippen molar-refractivity contribution in [2.45, 2.75) is 19.6 Å². The smallest absolute Gasteiger partial charge is 0.166 e. The number of aryl methyl sites for hydroxylation is 1. The summed E-state index contributed by atoms with van der Waals surface area (Å²) in [6.07, 6.45) is 1.53. The van der Waals surface area contributed by atoms with Crippen molar-refractivity contribution in [1.29, 1.82) is 0 Å². The van der Waals surface area contributed by atoms with Crippen molar-refractivity contribution < 1.29 is 15.0 Å². The molecule has 1 aromatic carbocycles. The summed E-state index contributed by atoms with van der Waals surface area (Å²) in [7, 11) is 0. The van der Waals surface area contributed by atoms with Gasteiger partial charge in [0.05, 0.1) is 12.3 Å². The maximum Gasteiger partial charge on any atom is 0.166 e. The molecule has 94 valence electrons. The first-order valence-corrected chi connectivity index (χ1v) is 5.77. The number of aromatic hydroxyl groups is 1. The van der Waals surface area contributed by atoms with Gasteiger partial charge in [-0.2, -0.15) is 0 Å². The Hall–Kier alpha value is -2.07. The van der Waals surface area contributed by atoms with E-state index in [1.165, 1.54) is 0 Å². The number of hydrogen-bond donors (Lipinski definition) is 2. The van der Waals surface area contributed by atoms with Gasteiger partial charge in [-0.05, 0) is 36.2 Å². The summed E-state index contributed by atoms with van der Waals surface area (Å²) in [5.74, 6) is 0.240. The number of aromatic nitrogens is 1. The number of aliphatic hydroxyl groups is 1. The van der Waals surface area contributed by atoms with E-state index < -0.39 is 0 Å². The Morgan fingerprint density at radius 1 is 1.11 bits per heavy atom. The Kier molecular flexibility index (Phi) is 3.79. The summed E-state index contributed by atoms with van der Waals surface area (Å²) in [6, 6.07) is 10.4. The molecule has 2 aromatic rings. The number of hydrogen-bond acceptors (Lipinski definition) is 3. The summed E-state index contributed by atoms with van der Waals surface area (Å²) >= 11 is 0. The summed E-state index contributed by atoms with van der Waals surface area (Å²) in [4.78, 5) is 10.9. The number of phenolic OH excluding ortho intramolecular Hbond substituents is 1. The maximum atomic E-state index is 10.9. The van der Waals surface area contributed by atoms with Crippen LogP contribution >= 0.6 is 0 Å². The van der Waals surface area contributed by atoms with Gasteiger partial charge in [0.15, 0.2) is 6.29 Å². The van der Waals surface area contributed by atoms with Crippen LogP contribution in [0.4, 0.5) is 0 Å². The maximum absolute atomic E-state index is 10.9. The third kappa shape index (κ3) is 2.60. The van der Waals surface area contributed by atoms with Gasteiger partial charge in [0, 0.05) is 12.2 Å². The minimum absolute atomic E-state index is 0.0799. The number of phenols is 1. The topological polar surface area (TPSA) is 62.5 Å². The molecule has 0 saturated heterocycles. The average molecular weight is 245 g/mol. The molecule has 1 aromatic heterocycles. The molecule has 0 aliphatic rings. The van der Waals surface area contributed by atoms with Gasteiger partial charge in [-0.25, -0.2) is 0 Å². The van der Waals surface area contributed by atoms with Gasteiger partial charge >= 0.3 is 0 Å². The van der Waals surface area contributed by atoms with Crippen LogP contribution in [0.15, 0.2) is 36.4 Å². The Morgan fingerprint density at radius 2 is 1.83 bits per heavy atom. The van der Waals surface area contributed by atoms with Crippen molar-refractivity contribution in [3.05, 3.63) is 53.3 Å². The fourth-order valence-electron chi connectivity index (χ4n) is 1.94. The lowest BCUT2D eigenvalue weighted by Crippen LogP contribution is -2.08. The zero-order valence-corrected chi connectivity index (χ0v) is 9.91. The number of aliphatic hydroxyl groups excluding tert-OH is 1. The van der Waals surface area contributed by atoms with Crippen molar-refractivity contribution in [2.24, 2.45) is 0 Å². The predicted octanol–water partition coefficient (Wildman–Crippen LogP) is 1.74. The van der Waals surface area contributed by atoms with E-state index in [0.717, 1.165) is 24.0 Å². The molecule has 4 heteroatoms. The number of nitrogens with zero attached hydrogens (tertiary/aromatic N) is 1. The third-order valence-corrected chi connectivity index (χ3v) is 2.95. The van der Waals surface area contributed by atoms with Crippen molar-refractivity contribution in [1.82, 2.24) is 4.57 Å². The normalized spacial score (nSPS) is 10.5. The molecule has 0 saturated carbocycles. The van der Waals surface area contributed by atoms with Crippen LogP contribution in [0.3, 0.4) is 0 Å². The Labute approximate surface area is 105 Å². The second kappa shape index (κ2) is 5.51. The van der Waals surface area contributed by atoms with E-state index in [9.17, 15) is 15.0 Å². The van der Waals surface area contributed by atoms with Gasteiger partial charge < -0.3 is 14.8 Å². The molecule has 0 radical (unpaired) electrons. The number of rotatable bonds is 5. The molecule has 2 N–H and O–H groups in total. The third-order valence-electron chi connectivity index (χ3n) is 2.95. The average Bonchev–Trinajstić information content (AvgIpc) is 2.80. The fourth-order valence-corrected chi connectivity index (χ4v) is 1.94. The molecular formula is C14H15NO3. The molecule has 0 bridgehead atoms. The Balaban J connectivity index is 2.12. The van der Waals surface area contributed by atoms with E-state index in [-0.39, 0.29) is 12.4 Å². The van der Waals surface area contributed by atoms with Crippen molar-refractivity contribution in [2.75, 3.05) is 0 Å². The lowest BCUT2D eigenvalue weighted by atomic mass is 10.1. The van der Waals surface area contributed by atoms with Crippen LogP contribution in [-0.2, 0) is 19.6 Å². The molecular weight excluding hydrogens is 230 g/mol. The standard InChI is InChI=1S/C14H15NO3/c16-9-12-3-4-13(10-17)15(12)8-7-11-1-5-14(18)6-2-11/h1-6,9,17-18H,7-8,10H2. The molecule has 2 rings (SSSR count). The highest BCUT2D eigenvalue weighted by Gasteiger charge is 2.06. The summed E-state index contributed by atoms with van der Waals surface area (Å²) in [5.41, 5.74) is 2.37. The van der Waals surface area contributed by atoms with Gasteiger partial charge in [-0.1, -0.05) is 12.1 Å². The number of benzene rings is 1. The zero-order chi connectivity index (χ0) is 13.0. The highest BCUT2D eigenvalue weighted by Crippen LogP contribution is 2.13. The zero-order valence-electron chi connectivity index (χ0n) is 9.91. The molecule has 4 nitrogen and oxygen atoms in total. The van der Waals surface area contributed by atoms with Crippen molar-refractivity contribution in [3.63, 3.8) is 0 Å². The summed E-state index contributed by atoms with van der Waals surface area (Å²) in [6.45, 7) is 0.547. The van der Waals surface area contributed by atoms with Gasteiger partial charge in [0.25, 0.3) is 0 Å². The molecule has 0 unspecified atom stereocenters. The first kappa shape index (κ1) is 12.4. The van der Waals surface area contributed by atoms with E-state index >= 15 is 0 Å². The van der Waals surface area contributed by atoms with Crippen LogP contribution in [0.2, 0.25) is 0 Å². The lowest BCUT2D eigenvalue weighted by Gasteiger charge is -2.09. The van der Waals surface area contributed by atoms with Gasteiger partial charge in [-0.3, -0.25) is 4.79 Å². The predicted molar refractivity (Wildman–Crippen MR) is 67.6 cm³/mol. The molecule has 1 heterocycles. The minimum atomic E-state index is -0.0799. The number of carbonyl (C=O) groups is 1. The molecule has 18 heavy (non-hydrogen) atoms. The minimum Gasteiger partial charge on any atom is -0.508 e. The van der Waals surface area contributed by atoms with E-state index in [1.807, 2.05) is 12.1 Å². The Morgan fingerprint density at radius 3 is 2.44 bits per heavy atom. The molecule has 0 atom stereocenters. The fraction of sp³-hybridized carbons (Fsp3) is 0.214. The van der Waals surface area contributed by atoms with Gasteiger partial charge in [0.2, 0.25) is 0 Å². The molecule has 0 aliphatic heterocycles. The van der Waals surface area contributed by atoms with Crippen LogP contribution < -0.4 is 0 Å². The largest absolute Gasteiger partial charge is 0.508 e. The Bertz CT molecular complexity index is 528. The molecule has 0 spiro atoms. The van der Waals surface area contributed by atoms with Crippen molar-refractivity contribution >= 4 is 6.29 Å². The van der Waals surface area contributed by atoms with Crippen LogP contribution in [0.5, 0.6) is 5.75 Å². The van der Waals surface area contributed by atoms with Crippen LogP contribution in [0.1, 0.15) is 21.7 Å². The molecule has 0 aliphatic carbocycles. The van der Waals surface area contributed by atoms with E-state index in [2.05, 4.69) is 0 Å². The number of aldehydes is 1. The molecule has 0 amide bonds. The SMILES string of the molecule is O=Cc1ccc(CO)n1CCc1ccc(O)cc1. The highest BCUT2D eigenvalue weighted by molar-refractivity contribution is 5.72. The second-order valence-electron chi connectivity index (χ2n) is 4.09. The van der Waals surface area contributed by atoms with Crippen LogP contribution in [0.25, 0.3) is 0 Å². The highest BCUT2D eigenvalue weighted by atomic mass is 16.3. The first-order chi connectivity index (χ1) is 8.74. The van der Waals surface area contributed by atoms with Crippen LogP contribution in [0, 0.1) is 0 Å². The first-order valence-electron chi connectivity index (χ1n) is 5.77. The van der Waals surface area contributed by atoms with Crippen LogP contribution in [-0.4, -0.2) is 21.1 Å². The quantitative estimate of drug-likeness (QED) is 0.789. The van der Waals surface area contributed by atoms with Crippen molar-refractivity contribution in [3.8, 4) is 5.75 Å². The lowest BCUT2D eigenvalue weighted by molar-refractivity contribution is 0.111. The van der Waals surface area contributed by atoms with E-state index in [1.54, 1.807) is 28.8 Å². The summed E-state index contributed by atoms with van der Waals surface area (Å²) < 4.78 is 1.81. The van der Waals surface area contributed by atoms with Gasteiger partial charge in [-0.15, -0.1) is 0 Å². The van der Waals surface area contributed by atoms with Gasteiger partial charge in [0.1, 0.15) is 5.75 Å². The van der Waals surface area contributed by atoms with E-state index in [4.69, 9.17) is 0 Å². The second-order valence-corrected chi connectivity index (χ2v) is 4.09. The number of carbonyl (C=O) groups excluding carboxylic acids is 1. The van der Waals surface area contributed by atoms with E-state index in [0.29, 0.717) is 12.2 Å².